The molecule has 0 atom stereocenters. The van der Waals surface area contributed by atoms with E-state index in [-0.39, 0.29) is 5.54 Å². The minimum Gasteiger partial charge on any atom is -0.338 e. The van der Waals surface area contributed by atoms with Crippen molar-refractivity contribution in [1.29, 1.82) is 0 Å². The molecule has 31 heavy (non-hydrogen) atoms. The van der Waals surface area contributed by atoms with Crippen LogP contribution in [0.2, 0.25) is 5.02 Å². The molecule has 1 aliphatic rings. The van der Waals surface area contributed by atoms with Crippen LogP contribution in [0.15, 0.2) is 48.7 Å². The highest BCUT2D eigenvalue weighted by Crippen LogP contribution is 2.38. The van der Waals surface area contributed by atoms with Crippen molar-refractivity contribution in [2.45, 2.75) is 25.8 Å². The Labute approximate surface area is 188 Å². The van der Waals surface area contributed by atoms with Gasteiger partial charge in [-0.05, 0) is 75.5 Å². The molecular weight excluding hydrogens is 429 g/mol. The van der Waals surface area contributed by atoms with Gasteiger partial charge in [0.2, 0.25) is 5.95 Å². The molecule has 3 N–H and O–H groups in total. The van der Waals surface area contributed by atoms with E-state index in [0.717, 1.165) is 29.6 Å². The van der Waals surface area contributed by atoms with Gasteiger partial charge >= 0.3 is 0 Å². The van der Waals surface area contributed by atoms with Crippen LogP contribution in [0.3, 0.4) is 0 Å². The van der Waals surface area contributed by atoms with Crippen molar-refractivity contribution in [2.75, 3.05) is 30.5 Å². The van der Waals surface area contributed by atoms with Crippen LogP contribution >= 0.6 is 18.7 Å². The third kappa shape index (κ3) is 4.77. The Morgan fingerprint density at radius 1 is 1.13 bits per heavy atom. The molecular formula is C23H27ClN5OP. The van der Waals surface area contributed by atoms with Gasteiger partial charge in [0.1, 0.15) is 12.2 Å². The number of benzene rings is 2. The summed E-state index contributed by atoms with van der Waals surface area (Å²) in [6, 6.07) is 13.8. The third-order valence-electron chi connectivity index (χ3n) is 5.48. The van der Waals surface area contributed by atoms with Crippen molar-refractivity contribution in [1.82, 2.24) is 15.3 Å². The molecule has 0 saturated heterocycles. The maximum Gasteiger partial charge on any atom is 0.229 e. The Bertz CT molecular complexity index is 1170. The fraction of sp³-hybridized carbons (Fsp3) is 0.304. The highest BCUT2D eigenvalue weighted by molar-refractivity contribution is 7.70. The van der Waals surface area contributed by atoms with Crippen LogP contribution in [-0.4, -0.2) is 29.8 Å². The Morgan fingerprint density at radius 2 is 1.90 bits per heavy atom. The molecule has 0 aliphatic carbocycles. The number of hydrogen-bond acceptors (Lipinski definition) is 6. The van der Waals surface area contributed by atoms with Gasteiger partial charge in [0.15, 0.2) is 5.82 Å². The molecule has 0 spiro atoms. The van der Waals surface area contributed by atoms with Crippen LogP contribution < -0.4 is 21.3 Å². The van der Waals surface area contributed by atoms with E-state index in [1.165, 1.54) is 11.1 Å². The van der Waals surface area contributed by atoms with Gasteiger partial charge < -0.3 is 20.5 Å². The number of para-hydroxylation sites is 1. The molecule has 8 heteroatoms. The molecule has 2 aromatic carbocycles. The van der Waals surface area contributed by atoms with Crippen molar-refractivity contribution in [3.63, 3.8) is 0 Å². The normalized spacial score (nSPS) is 15.3. The molecule has 6 nitrogen and oxygen atoms in total. The van der Waals surface area contributed by atoms with E-state index in [1.54, 1.807) is 19.5 Å². The van der Waals surface area contributed by atoms with E-state index in [4.69, 9.17) is 11.6 Å². The SMILES string of the molecule is CC1(C)NCCc2ccc(Nc3ncc(Cl)c(Nc4ccccc4P(C)(C)=O)n3)cc21. The predicted octanol–water partition coefficient (Wildman–Crippen LogP) is 5.25. The maximum absolute atomic E-state index is 12.7. The fourth-order valence-electron chi connectivity index (χ4n) is 3.88. The Hall–Kier alpha value is -2.40. The number of fused-ring (bicyclic) bond motifs is 1. The number of aromatic nitrogens is 2. The summed E-state index contributed by atoms with van der Waals surface area (Å²) in [7, 11) is -2.47. The second-order valence-electron chi connectivity index (χ2n) is 8.68. The molecule has 0 amide bonds. The zero-order chi connectivity index (χ0) is 22.2. The summed E-state index contributed by atoms with van der Waals surface area (Å²) in [6.45, 7) is 8.84. The number of halogens is 1. The van der Waals surface area contributed by atoms with Gasteiger partial charge in [-0.1, -0.05) is 29.8 Å². The minimum atomic E-state index is -2.47. The Balaban J connectivity index is 1.62. The van der Waals surface area contributed by atoms with Gasteiger partial charge in [0.05, 0.1) is 11.9 Å². The summed E-state index contributed by atoms with van der Waals surface area (Å²) >= 11 is 6.36. The van der Waals surface area contributed by atoms with E-state index in [9.17, 15) is 4.57 Å². The quantitative estimate of drug-likeness (QED) is 0.456. The zero-order valence-corrected chi connectivity index (χ0v) is 19.8. The van der Waals surface area contributed by atoms with Crippen LogP contribution in [0, 0.1) is 0 Å². The highest BCUT2D eigenvalue weighted by atomic mass is 35.5. The molecule has 0 radical (unpaired) electrons. The van der Waals surface area contributed by atoms with Crippen LogP contribution in [-0.2, 0) is 16.5 Å². The van der Waals surface area contributed by atoms with Gasteiger partial charge in [-0.15, -0.1) is 0 Å². The fourth-order valence-corrected chi connectivity index (χ4v) is 5.17. The van der Waals surface area contributed by atoms with Crippen molar-refractivity contribution >= 4 is 47.2 Å². The van der Waals surface area contributed by atoms with Crippen LogP contribution in [0.1, 0.15) is 25.0 Å². The minimum absolute atomic E-state index is 0.0865. The van der Waals surface area contributed by atoms with E-state index in [0.29, 0.717) is 16.8 Å². The molecule has 3 aromatic rings. The van der Waals surface area contributed by atoms with Crippen molar-refractivity contribution in [2.24, 2.45) is 0 Å². The zero-order valence-electron chi connectivity index (χ0n) is 18.2. The topological polar surface area (TPSA) is 78.9 Å². The van der Waals surface area contributed by atoms with Crippen molar-refractivity contribution in [3.05, 3.63) is 64.8 Å². The average molecular weight is 456 g/mol. The van der Waals surface area contributed by atoms with Crippen LogP contribution in [0.25, 0.3) is 0 Å². The van der Waals surface area contributed by atoms with E-state index in [1.807, 2.05) is 30.3 Å². The van der Waals surface area contributed by atoms with Gasteiger partial charge in [-0.2, -0.15) is 4.98 Å². The van der Waals surface area contributed by atoms with E-state index >= 15 is 0 Å². The second kappa shape index (κ2) is 8.27. The number of nitrogens with zero attached hydrogens (tertiary/aromatic N) is 2. The van der Waals surface area contributed by atoms with Crippen LogP contribution in [0.5, 0.6) is 0 Å². The van der Waals surface area contributed by atoms with E-state index < -0.39 is 7.14 Å². The third-order valence-corrected chi connectivity index (χ3v) is 7.31. The molecule has 4 rings (SSSR count). The van der Waals surface area contributed by atoms with Gasteiger partial charge in [0.25, 0.3) is 0 Å². The first-order valence-corrected chi connectivity index (χ1v) is 13.2. The lowest BCUT2D eigenvalue weighted by molar-refractivity contribution is 0.382. The molecule has 0 fully saturated rings. The summed E-state index contributed by atoms with van der Waals surface area (Å²) in [5, 5.41) is 11.2. The summed E-state index contributed by atoms with van der Waals surface area (Å²) < 4.78 is 12.7. The number of rotatable bonds is 5. The maximum atomic E-state index is 12.7. The smallest absolute Gasteiger partial charge is 0.229 e. The lowest BCUT2D eigenvalue weighted by Crippen LogP contribution is -2.42. The summed E-state index contributed by atoms with van der Waals surface area (Å²) in [5.74, 6) is 0.891. The largest absolute Gasteiger partial charge is 0.338 e. The molecule has 1 aromatic heterocycles. The first-order chi connectivity index (χ1) is 14.6. The molecule has 0 saturated carbocycles. The summed E-state index contributed by atoms with van der Waals surface area (Å²) in [6.07, 6.45) is 2.58. The number of nitrogens with one attached hydrogen (secondary N) is 3. The molecule has 0 unspecified atom stereocenters. The van der Waals surface area contributed by atoms with Gasteiger partial charge in [0, 0.05) is 16.5 Å². The number of hydrogen-bond donors (Lipinski definition) is 3. The first kappa shape index (κ1) is 21.8. The predicted molar refractivity (Wildman–Crippen MR) is 130 cm³/mol. The standard InChI is InChI=1S/C23H27ClN5OP/c1-23(2)17-13-16(10-9-15(17)11-12-26-23)27-22-25-14-18(24)21(29-22)28-19-7-5-6-8-20(19)31(3,4)30/h5-10,13-14,26H,11-12H2,1-4H3,(H2,25,27,28,29). The van der Waals surface area contributed by atoms with Gasteiger partial charge in [-0.25, -0.2) is 4.98 Å². The average Bonchev–Trinajstić information content (AvgIpc) is 2.70. The van der Waals surface area contributed by atoms with Gasteiger partial charge in [-0.3, -0.25) is 0 Å². The Morgan fingerprint density at radius 3 is 2.68 bits per heavy atom. The highest BCUT2D eigenvalue weighted by Gasteiger charge is 2.27. The second-order valence-corrected chi connectivity index (χ2v) is 12.3. The molecule has 2 heterocycles. The van der Waals surface area contributed by atoms with Crippen molar-refractivity contribution in [3.8, 4) is 0 Å². The summed E-state index contributed by atoms with van der Waals surface area (Å²) in [4.78, 5) is 8.89. The lowest BCUT2D eigenvalue weighted by Gasteiger charge is -2.34. The van der Waals surface area contributed by atoms with E-state index in [2.05, 4.69) is 51.9 Å². The molecule has 1 aliphatic heterocycles. The first-order valence-electron chi connectivity index (χ1n) is 10.2. The molecule has 162 valence electrons. The van der Waals surface area contributed by atoms with Crippen molar-refractivity contribution < 1.29 is 4.57 Å². The lowest BCUT2D eigenvalue weighted by atomic mass is 9.85. The molecule has 0 bridgehead atoms. The number of anilines is 4. The Kier molecular flexibility index (Phi) is 5.82. The summed E-state index contributed by atoms with van der Waals surface area (Å²) in [5.41, 5.74) is 4.18. The monoisotopic (exact) mass is 455 g/mol. The van der Waals surface area contributed by atoms with Crippen LogP contribution in [0.4, 0.5) is 23.1 Å².